The van der Waals surface area contributed by atoms with E-state index in [9.17, 15) is 0 Å². The van der Waals surface area contributed by atoms with Crippen LogP contribution >= 0.6 is 11.6 Å². The van der Waals surface area contributed by atoms with Crippen molar-refractivity contribution in [2.45, 2.75) is 13.0 Å². The molecule has 3 nitrogen and oxygen atoms in total. The van der Waals surface area contributed by atoms with Gasteiger partial charge in [0.25, 0.3) is 0 Å². The van der Waals surface area contributed by atoms with Gasteiger partial charge in [0.05, 0.1) is 0 Å². The second kappa shape index (κ2) is 5.62. The first-order valence-electron chi connectivity index (χ1n) is 6.79. The molecule has 0 saturated heterocycles. The number of hydrogen-bond donors (Lipinski definition) is 2. The number of nitrogens with two attached hydrogens (primary N) is 1. The second-order valence-electron chi connectivity index (χ2n) is 5.04. The zero-order valence-corrected chi connectivity index (χ0v) is 12.4. The van der Waals surface area contributed by atoms with Crippen LogP contribution in [0.25, 0.3) is 10.8 Å². The van der Waals surface area contributed by atoms with Crippen molar-refractivity contribution in [2.24, 2.45) is 0 Å². The number of nitrogen functional groups attached to an aromatic ring is 1. The molecule has 21 heavy (non-hydrogen) atoms. The fraction of sp³-hybridized carbons (Fsp3) is 0.118. The van der Waals surface area contributed by atoms with Crippen molar-refractivity contribution >= 4 is 33.7 Å². The van der Waals surface area contributed by atoms with E-state index in [-0.39, 0.29) is 6.04 Å². The molecular formula is C17H16ClN3. The lowest BCUT2D eigenvalue weighted by Gasteiger charge is -2.18. The maximum absolute atomic E-state index is 6.00. The molecule has 106 valence electrons. The molecule has 0 spiro atoms. The Morgan fingerprint density at radius 3 is 2.57 bits per heavy atom. The standard InChI is InChI=1S/C17H16ClN3/c1-11(12-2-4-13(18)5-3-12)21-17-7-6-16(19)15-10-20-9-8-14(15)17/h2-11,21H,19H2,1H3. The third-order valence-corrected chi connectivity index (χ3v) is 3.85. The molecule has 3 aromatic rings. The molecule has 0 amide bonds. The summed E-state index contributed by atoms with van der Waals surface area (Å²) >= 11 is 5.93. The summed E-state index contributed by atoms with van der Waals surface area (Å²) in [6.45, 7) is 2.12. The molecule has 0 radical (unpaired) electrons. The van der Waals surface area contributed by atoms with Crippen LogP contribution < -0.4 is 11.1 Å². The van der Waals surface area contributed by atoms with Crippen molar-refractivity contribution in [3.05, 3.63) is 65.4 Å². The van der Waals surface area contributed by atoms with Crippen molar-refractivity contribution < 1.29 is 0 Å². The Balaban J connectivity index is 1.95. The third-order valence-electron chi connectivity index (χ3n) is 3.59. The zero-order valence-electron chi connectivity index (χ0n) is 11.7. The molecule has 0 saturated carbocycles. The molecule has 0 aliphatic rings. The fourth-order valence-electron chi connectivity index (χ4n) is 2.41. The minimum atomic E-state index is 0.169. The lowest BCUT2D eigenvalue weighted by atomic mass is 10.1. The quantitative estimate of drug-likeness (QED) is 0.692. The van der Waals surface area contributed by atoms with Gasteiger partial charge >= 0.3 is 0 Å². The van der Waals surface area contributed by atoms with E-state index < -0.39 is 0 Å². The first-order valence-corrected chi connectivity index (χ1v) is 7.17. The summed E-state index contributed by atoms with van der Waals surface area (Å²) < 4.78 is 0. The molecule has 0 aliphatic heterocycles. The average Bonchev–Trinajstić information content (AvgIpc) is 2.51. The maximum atomic E-state index is 6.00. The van der Waals surface area contributed by atoms with Gasteiger partial charge in [0.15, 0.2) is 0 Å². The number of nitrogens with one attached hydrogen (secondary N) is 1. The number of benzene rings is 2. The number of fused-ring (bicyclic) bond motifs is 1. The Bertz CT molecular complexity index is 769. The highest BCUT2D eigenvalue weighted by Crippen LogP contribution is 2.30. The highest BCUT2D eigenvalue weighted by Gasteiger charge is 2.09. The van der Waals surface area contributed by atoms with Gasteiger partial charge in [0, 0.05) is 45.6 Å². The van der Waals surface area contributed by atoms with E-state index in [0.29, 0.717) is 0 Å². The van der Waals surface area contributed by atoms with Crippen molar-refractivity contribution in [1.29, 1.82) is 0 Å². The molecule has 0 aliphatic carbocycles. The van der Waals surface area contributed by atoms with Crippen LogP contribution in [0.2, 0.25) is 5.02 Å². The van der Waals surface area contributed by atoms with E-state index in [4.69, 9.17) is 17.3 Å². The van der Waals surface area contributed by atoms with Crippen LogP contribution in [0.1, 0.15) is 18.5 Å². The summed E-state index contributed by atoms with van der Waals surface area (Å²) in [5.74, 6) is 0. The van der Waals surface area contributed by atoms with Crippen molar-refractivity contribution in [3.8, 4) is 0 Å². The molecule has 1 unspecified atom stereocenters. The van der Waals surface area contributed by atoms with Gasteiger partial charge in [-0.1, -0.05) is 23.7 Å². The Morgan fingerprint density at radius 2 is 1.81 bits per heavy atom. The van der Waals surface area contributed by atoms with Gasteiger partial charge in [-0.05, 0) is 42.8 Å². The first kappa shape index (κ1) is 13.7. The molecule has 1 aromatic heterocycles. The number of halogens is 1. The molecule has 1 atom stereocenters. The van der Waals surface area contributed by atoms with Crippen LogP contribution in [0.4, 0.5) is 11.4 Å². The van der Waals surface area contributed by atoms with E-state index in [1.165, 1.54) is 5.56 Å². The van der Waals surface area contributed by atoms with Gasteiger partial charge in [-0.2, -0.15) is 0 Å². The molecule has 2 aromatic carbocycles. The second-order valence-corrected chi connectivity index (χ2v) is 5.48. The van der Waals surface area contributed by atoms with Crippen LogP contribution in [-0.2, 0) is 0 Å². The molecule has 3 rings (SSSR count). The summed E-state index contributed by atoms with van der Waals surface area (Å²) in [6.07, 6.45) is 3.57. The molecule has 0 fully saturated rings. The van der Waals surface area contributed by atoms with Crippen molar-refractivity contribution in [3.63, 3.8) is 0 Å². The van der Waals surface area contributed by atoms with Gasteiger partial charge in [-0.25, -0.2) is 0 Å². The Morgan fingerprint density at radius 1 is 1.05 bits per heavy atom. The molecule has 4 heteroatoms. The lowest BCUT2D eigenvalue weighted by molar-refractivity contribution is 0.887. The molecule has 3 N–H and O–H groups in total. The minimum absolute atomic E-state index is 0.169. The van der Waals surface area contributed by atoms with Crippen molar-refractivity contribution in [2.75, 3.05) is 11.1 Å². The van der Waals surface area contributed by atoms with E-state index in [1.807, 2.05) is 42.5 Å². The highest BCUT2D eigenvalue weighted by molar-refractivity contribution is 6.30. The van der Waals surface area contributed by atoms with E-state index in [2.05, 4.69) is 17.2 Å². The average molecular weight is 298 g/mol. The molecular weight excluding hydrogens is 282 g/mol. The van der Waals surface area contributed by atoms with Crippen LogP contribution in [0.15, 0.2) is 54.9 Å². The van der Waals surface area contributed by atoms with E-state index in [0.717, 1.165) is 27.2 Å². The van der Waals surface area contributed by atoms with Crippen LogP contribution in [0.3, 0.4) is 0 Å². The number of pyridine rings is 1. The van der Waals surface area contributed by atoms with Crippen LogP contribution in [0, 0.1) is 0 Å². The number of nitrogens with zero attached hydrogens (tertiary/aromatic N) is 1. The Kier molecular flexibility index (Phi) is 3.67. The summed E-state index contributed by atoms with van der Waals surface area (Å²) in [5.41, 5.74) is 8.96. The van der Waals surface area contributed by atoms with Gasteiger partial charge in [-0.3, -0.25) is 4.98 Å². The van der Waals surface area contributed by atoms with Crippen molar-refractivity contribution in [1.82, 2.24) is 4.98 Å². The monoisotopic (exact) mass is 297 g/mol. The largest absolute Gasteiger partial charge is 0.398 e. The summed E-state index contributed by atoms with van der Waals surface area (Å²) in [4.78, 5) is 4.14. The topological polar surface area (TPSA) is 50.9 Å². The molecule has 0 bridgehead atoms. The van der Waals surface area contributed by atoms with Gasteiger partial charge < -0.3 is 11.1 Å². The predicted octanol–water partition coefficient (Wildman–Crippen LogP) is 4.64. The molecule has 1 heterocycles. The predicted molar refractivity (Wildman–Crippen MR) is 89.6 cm³/mol. The van der Waals surface area contributed by atoms with Gasteiger partial charge in [0.1, 0.15) is 0 Å². The Hall–Kier alpha value is -2.26. The third kappa shape index (κ3) is 2.78. The number of anilines is 2. The summed E-state index contributed by atoms with van der Waals surface area (Å²) in [7, 11) is 0. The SMILES string of the molecule is CC(Nc1ccc(N)c2cnccc12)c1ccc(Cl)cc1. The number of aromatic nitrogens is 1. The number of rotatable bonds is 3. The van der Waals surface area contributed by atoms with E-state index >= 15 is 0 Å². The van der Waals surface area contributed by atoms with Gasteiger partial charge in [-0.15, -0.1) is 0 Å². The zero-order chi connectivity index (χ0) is 14.8. The minimum Gasteiger partial charge on any atom is -0.398 e. The normalized spacial score (nSPS) is 12.3. The fourth-order valence-corrected chi connectivity index (χ4v) is 2.53. The summed E-state index contributed by atoms with van der Waals surface area (Å²) in [6, 6.07) is 13.9. The van der Waals surface area contributed by atoms with Crippen LogP contribution in [0.5, 0.6) is 0 Å². The first-order chi connectivity index (χ1) is 10.1. The van der Waals surface area contributed by atoms with Crippen LogP contribution in [-0.4, -0.2) is 4.98 Å². The summed E-state index contributed by atoms with van der Waals surface area (Å²) in [5, 5.41) is 6.31. The van der Waals surface area contributed by atoms with E-state index in [1.54, 1.807) is 12.4 Å². The maximum Gasteiger partial charge on any atom is 0.0485 e. The Labute approximate surface area is 128 Å². The smallest absolute Gasteiger partial charge is 0.0485 e. The highest BCUT2D eigenvalue weighted by atomic mass is 35.5. The van der Waals surface area contributed by atoms with Gasteiger partial charge in [0.2, 0.25) is 0 Å². The number of hydrogen-bond acceptors (Lipinski definition) is 3. The lowest BCUT2D eigenvalue weighted by Crippen LogP contribution is -2.07.